The first-order valence-corrected chi connectivity index (χ1v) is 9.00. The molecule has 2 amide bonds. The van der Waals surface area contributed by atoms with E-state index >= 15 is 0 Å². The van der Waals surface area contributed by atoms with Crippen LogP contribution < -0.4 is 5.32 Å². The molecular weight excluding hydrogens is 377 g/mol. The number of benzene rings is 2. The summed E-state index contributed by atoms with van der Waals surface area (Å²) in [7, 11) is 1.63. The summed E-state index contributed by atoms with van der Waals surface area (Å²) in [4.78, 5) is 24.3. The highest BCUT2D eigenvalue weighted by Gasteiger charge is 2.16. The van der Waals surface area contributed by atoms with E-state index in [4.69, 9.17) is 0 Å². The van der Waals surface area contributed by atoms with Gasteiger partial charge in [0.05, 0.1) is 10.6 Å². The third kappa shape index (κ3) is 5.16. The topological polar surface area (TPSA) is 104 Å². The van der Waals surface area contributed by atoms with Gasteiger partial charge in [0.25, 0.3) is 5.69 Å². The summed E-state index contributed by atoms with van der Waals surface area (Å²) in [6, 6.07) is 13.6. The van der Waals surface area contributed by atoms with Crippen molar-refractivity contribution >= 4 is 17.4 Å². The Labute approximate surface area is 166 Å². The molecule has 0 aliphatic carbocycles. The predicted octanol–water partition coefficient (Wildman–Crippen LogP) is 4.22. The molecule has 0 aliphatic heterocycles. The van der Waals surface area contributed by atoms with Gasteiger partial charge in [-0.1, -0.05) is 12.1 Å². The molecule has 3 rings (SSSR count). The van der Waals surface area contributed by atoms with Gasteiger partial charge in [-0.05, 0) is 49.2 Å². The Morgan fingerprint density at radius 3 is 2.69 bits per heavy atom. The van der Waals surface area contributed by atoms with Crippen molar-refractivity contribution in [3.8, 4) is 11.3 Å². The van der Waals surface area contributed by atoms with Crippen LogP contribution in [0.5, 0.6) is 0 Å². The van der Waals surface area contributed by atoms with Gasteiger partial charge in [-0.25, -0.2) is 9.18 Å². The molecule has 3 aromatic rings. The highest BCUT2D eigenvalue weighted by molar-refractivity contribution is 5.91. The molecule has 2 aromatic carbocycles. The summed E-state index contributed by atoms with van der Waals surface area (Å²) in [5, 5.41) is 20.8. The summed E-state index contributed by atoms with van der Waals surface area (Å²) < 4.78 is 13.0. The van der Waals surface area contributed by atoms with E-state index in [9.17, 15) is 19.3 Å². The summed E-state index contributed by atoms with van der Waals surface area (Å²) >= 11 is 0. The molecule has 29 heavy (non-hydrogen) atoms. The molecule has 0 radical (unpaired) electrons. The van der Waals surface area contributed by atoms with E-state index in [1.54, 1.807) is 31.3 Å². The average Bonchev–Trinajstić information content (AvgIpc) is 3.17. The average molecular weight is 397 g/mol. The molecule has 0 fully saturated rings. The van der Waals surface area contributed by atoms with Gasteiger partial charge in [-0.2, -0.15) is 5.10 Å². The van der Waals surface area contributed by atoms with Gasteiger partial charge in [0.2, 0.25) is 0 Å². The Kier molecular flexibility index (Phi) is 6.18. The van der Waals surface area contributed by atoms with E-state index in [0.29, 0.717) is 19.4 Å². The van der Waals surface area contributed by atoms with E-state index in [0.717, 1.165) is 17.0 Å². The fourth-order valence-corrected chi connectivity index (χ4v) is 2.82. The zero-order chi connectivity index (χ0) is 20.8. The maximum atomic E-state index is 13.0. The number of urea groups is 1. The number of halogens is 1. The molecule has 0 atom stereocenters. The molecule has 8 nitrogen and oxygen atoms in total. The number of amides is 2. The van der Waals surface area contributed by atoms with Crippen LogP contribution in [0.15, 0.2) is 54.6 Å². The largest absolute Gasteiger partial charge is 0.328 e. The van der Waals surface area contributed by atoms with Gasteiger partial charge in [0.1, 0.15) is 11.5 Å². The number of carbonyl (C=O) groups is 1. The molecule has 0 unspecified atom stereocenters. The molecule has 1 heterocycles. The maximum Gasteiger partial charge on any atom is 0.321 e. The Balaban J connectivity index is 1.51. The van der Waals surface area contributed by atoms with Crippen molar-refractivity contribution in [1.82, 2.24) is 15.1 Å². The predicted molar refractivity (Wildman–Crippen MR) is 107 cm³/mol. The first-order chi connectivity index (χ1) is 13.9. The number of hydrogen-bond acceptors (Lipinski definition) is 4. The van der Waals surface area contributed by atoms with Crippen molar-refractivity contribution in [2.24, 2.45) is 0 Å². The third-order valence-electron chi connectivity index (χ3n) is 4.40. The van der Waals surface area contributed by atoms with E-state index in [2.05, 4.69) is 15.5 Å². The molecule has 2 N–H and O–H groups in total. The zero-order valence-corrected chi connectivity index (χ0v) is 15.8. The Hall–Kier alpha value is -3.75. The minimum atomic E-state index is -0.535. The van der Waals surface area contributed by atoms with Crippen molar-refractivity contribution in [2.45, 2.75) is 12.8 Å². The number of rotatable bonds is 7. The maximum absolute atomic E-state index is 13.0. The number of aromatic amines is 1. The Morgan fingerprint density at radius 1 is 1.24 bits per heavy atom. The summed E-state index contributed by atoms with van der Waals surface area (Å²) in [5.74, 6) is -0.299. The second-order valence-electron chi connectivity index (χ2n) is 6.51. The van der Waals surface area contributed by atoms with Gasteiger partial charge < -0.3 is 10.2 Å². The van der Waals surface area contributed by atoms with Crippen LogP contribution >= 0.6 is 0 Å². The Morgan fingerprint density at radius 2 is 1.97 bits per heavy atom. The minimum Gasteiger partial charge on any atom is -0.328 e. The molecule has 0 bridgehead atoms. The third-order valence-corrected chi connectivity index (χ3v) is 4.40. The summed E-state index contributed by atoms with van der Waals surface area (Å²) in [6.07, 6.45) is 1.34. The number of nitrogens with one attached hydrogen (secondary N) is 2. The summed E-state index contributed by atoms with van der Waals surface area (Å²) in [6.45, 7) is 0.456. The van der Waals surface area contributed by atoms with Gasteiger partial charge in [-0.15, -0.1) is 0 Å². The quantitative estimate of drug-likeness (QED) is 0.460. The monoisotopic (exact) mass is 397 g/mol. The lowest BCUT2D eigenvalue weighted by atomic mass is 10.1. The zero-order valence-electron chi connectivity index (χ0n) is 15.8. The lowest BCUT2D eigenvalue weighted by molar-refractivity contribution is -0.383. The van der Waals surface area contributed by atoms with Crippen LogP contribution in [-0.2, 0) is 6.42 Å². The van der Waals surface area contributed by atoms with Crippen LogP contribution in [0.25, 0.3) is 11.3 Å². The molecule has 9 heteroatoms. The van der Waals surface area contributed by atoms with Crippen molar-refractivity contribution in [2.75, 3.05) is 18.9 Å². The molecule has 1 aromatic heterocycles. The van der Waals surface area contributed by atoms with Crippen molar-refractivity contribution in [3.63, 3.8) is 0 Å². The number of H-pyrrole nitrogens is 1. The number of nitro groups is 1. The standard InChI is InChI=1S/C20H20FN5O3/c1-25(20(27)22-17-6-2-3-7-19(17)26(28)29)12-4-5-16-13-18(24-23-16)14-8-10-15(21)11-9-14/h2-3,6-11,13H,4-5,12H2,1H3,(H,22,27)(H,23,24). The van der Waals surface area contributed by atoms with Gasteiger partial charge >= 0.3 is 6.03 Å². The lowest BCUT2D eigenvalue weighted by Gasteiger charge is -2.17. The number of aromatic nitrogens is 2. The number of anilines is 1. The van der Waals surface area contributed by atoms with E-state index in [1.807, 2.05) is 6.07 Å². The van der Waals surface area contributed by atoms with Crippen molar-refractivity contribution in [1.29, 1.82) is 0 Å². The molecule has 0 aliphatic rings. The first-order valence-electron chi connectivity index (χ1n) is 9.00. The van der Waals surface area contributed by atoms with Gasteiger partial charge in [-0.3, -0.25) is 15.2 Å². The van der Waals surface area contributed by atoms with Crippen LogP contribution in [0, 0.1) is 15.9 Å². The number of carbonyl (C=O) groups excluding carboxylic acids is 1. The number of hydrogen-bond donors (Lipinski definition) is 2. The molecule has 0 saturated heterocycles. The second kappa shape index (κ2) is 8.96. The highest BCUT2D eigenvalue weighted by Crippen LogP contribution is 2.23. The second-order valence-corrected chi connectivity index (χ2v) is 6.51. The number of nitro benzene ring substituents is 1. The lowest BCUT2D eigenvalue weighted by Crippen LogP contribution is -2.32. The summed E-state index contributed by atoms with van der Waals surface area (Å²) in [5.41, 5.74) is 2.45. The van der Waals surface area contributed by atoms with Crippen LogP contribution in [0.1, 0.15) is 12.1 Å². The van der Waals surface area contributed by atoms with Crippen LogP contribution in [0.2, 0.25) is 0 Å². The molecule has 0 saturated carbocycles. The minimum absolute atomic E-state index is 0.153. The molecule has 0 spiro atoms. The van der Waals surface area contributed by atoms with Gasteiger partial charge in [0.15, 0.2) is 0 Å². The normalized spacial score (nSPS) is 10.6. The van der Waals surface area contributed by atoms with E-state index in [-0.39, 0.29) is 17.2 Å². The fourth-order valence-electron chi connectivity index (χ4n) is 2.82. The first kappa shape index (κ1) is 20.0. The van der Waals surface area contributed by atoms with Gasteiger partial charge in [0, 0.05) is 30.9 Å². The Bertz CT molecular complexity index is 1000. The SMILES string of the molecule is CN(CCCc1cc(-c2ccc(F)cc2)n[nH]1)C(=O)Nc1ccccc1[N+](=O)[O-]. The van der Waals surface area contributed by atoms with Crippen LogP contribution in [0.4, 0.5) is 20.6 Å². The number of aryl methyl sites for hydroxylation is 1. The van der Waals surface area contributed by atoms with Crippen LogP contribution in [0.3, 0.4) is 0 Å². The molecule has 150 valence electrons. The van der Waals surface area contributed by atoms with E-state index < -0.39 is 11.0 Å². The van der Waals surface area contributed by atoms with Crippen LogP contribution in [-0.4, -0.2) is 39.6 Å². The fraction of sp³-hybridized carbons (Fsp3) is 0.200. The van der Waals surface area contributed by atoms with Crippen molar-refractivity contribution in [3.05, 3.63) is 76.2 Å². The highest BCUT2D eigenvalue weighted by atomic mass is 19.1. The smallest absolute Gasteiger partial charge is 0.321 e. The van der Waals surface area contributed by atoms with E-state index in [1.165, 1.54) is 29.2 Å². The number of nitrogens with zero attached hydrogens (tertiary/aromatic N) is 3. The van der Waals surface area contributed by atoms with Crippen molar-refractivity contribution < 1.29 is 14.1 Å². The molecular formula is C20H20FN5O3. The number of para-hydroxylation sites is 2.